The molecule has 0 aromatic heterocycles. The molecule has 9 heteroatoms. The average molecular weight is 568 g/mol. The molecule has 1 saturated heterocycles. The summed E-state index contributed by atoms with van der Waals surface area (Å²) in [4.78, 5) is 16.7. The maximum Gasteiger partial charge on any atom is 0.227 e. The normalized spacial score (nSPS) is 16.5. The van der Waals surface area contributed by atoms with E-state index in [1.165, 1.54) is 6.07 Å². The third-order valence-electron chi connectivity index (χ3n) is 7.77. The zero-order valence-electron chi connectivity index (χ0n) is 22.9. The Morgan fingerprint density at radius 2 is 1.77 bits per heavy atom. The molecular weight excluding hydrogens is 533 g/mol. The number of hydrogen-bond acceptors (Lipinski definition) is 6. The molecule has 0 bridgehead atoms. The summed E-state index contributed by atoms with van der Waals surface area (Å²) in [6.07, 6.45) is 1.93. The fourth-order valence-corrected chi connectivity index (χ4v) is 5.77. The van der Waals surface area contributed by atoms with E-state index in [1.807, 2.05) is 42.2 Å². The maximum absolute atomic E-state index is 14.7. The van der Waals surface area contributed by atoms with E-state index in [0.29, 0.717) is 80.6 Å². The molecule has 1 amide bonds. The molecule has 3 aromatic rings. The van der Waals surface area contributed by atoms with Gasteiger partial charge in [-0.3, -0.25) is 4.79 Å². The van der Waals surface area contributed by atoms with E-state index >= 15 is 0 Å². The summed E-state index contributed by atoms with van der Waals surface area (Å²) < 4.78 is 25.3. The topological polar surface area (TPSA) is 74.3 Å². The Morgan fingerprint density at radius 3 is 2.45 bits per heavy atom. The molecule has 0 aliphatic carbocycles. The largest absolute Gasteiger partial charge is 0.497 e. The van der Waals surface area contributed by atoms with Crippen molar-refractivity contribution in [3.8, 4) is 11.5 Å². The molecule has 2 aliphatic heterocycles. The summed E-state index contributed by atoms with van der Waals surface area (Å²) in [7, 11) is 1.62. The van der Waals surface area contributed by atoms with Gasteiger partial charge in [-0.2, -0.15) is 0 Å². The summed E-state index contributed by atoms with van der Waals surface area (Å²) in [6, 6.07) is 16.3. The number of ether oxygens (including phenoxy) is 2. The zero-order chi connectivity index (χ0) is 28.3. The number of fused-ring (bicyclic) bond motifs is 1. The van der Waals surface area contributed by atoms with Crippen LogP contribution in [0.3, 0.4) is 0 Å². The Bertz CT molecular complexity index is 1360. The van der Waals surface area contributed by atoms with Crippen LogP contribution >= 0.6 is 11.6 Å². The van der Waals surface area contributed by atoms with Gasteiger partial charge in [0.05, 0.1) is 42.3 Å². The lowest BCUT2D eigenvalue weighted by Crippen LogP contribution is -2.48. The van der Waals surface area contributed by atoms with Crippen LogP contribution in [-0.4, -0.2) is 50.0 Å². The highest BCUT2D eigenvalue weighted by Crippen LogP contribution is 2.40. The second-order valence-corrected chi connectivity index (χ2v) is 10.8. The monoisotopic (exact) mass is 567 g/mol. The van der Waals surface area contributed by atoms with Crippen LogP contribution in [-0.2, 0) is 17.8 Å². The first-order valence-corrected chi connectivity index (χ1v) is 14.1. The molecule has 2 aliphatic rings. The number of methoxy groups -OCH3 is 1. The van der Waals surface area contributed by atoms with Crippen LogP contribution in [0.15, 0.2) is 54.6 Å². The smallest absolute Gasteiger partial charge is 0.227 e. The Hall–Kier alpha value is -3.49. The van der Waals surface area contributed by atoms with Gasteiger partial charge in [0.25, 0.3) is 0 Å². The second kappa shape index (κ2) is 11.9. The number of carbonyl (C=O) groups is 1. The molecule has 3 aromatic carbocycles. The first-order valence-electron chi connectivity index (χ1n) is 13.7. The highest BCUT2D eigenvalue weighted by Gasteiger charge is 2.34. The fraction of sp³-hybridized carbons (Fsp3) is 0.387. The van der Waals surface area contributed by atoms with Gasteiger partial charge in [0.2, 0.25) is 5.91 Å². The molecule has 0 unspecified atom stereocenters. The number of hydrogen-bond donors (Lipinski definition) is 2. The highest BCUT2D eigenvalue weighted by atomic mass is 35.5. The molecule has 7 nitrogen and oxygen atoms in total. The zero-order valence-corrected chi connectivity index (χ0v) is 23.6. The minimum absolute atomic E-state index is 0.0230. The van der Waals surface area contributed by atoms with Crippen molar-refractivity contribution in [2.24, 2.45) is 0 Å². The fourth-order valence-electron chi connectivity index (χ4n) is 5.49. The maximum atomic E-state index is 14.7. The number of halogens is 2. The van der Waals surface area contributed by atoms with E-state index in [4.69, 9.17) is 21.1 Å². The third-order valence-corrected chi connectivity index (χ3v) is 8.07. The number of anilines is 3. The molecule has 5 rings (SSSR count). The van der Waals surface area contributed by atoms with Gasteiger partial charge in [-0.15, -0.1) is 0 Å². The van der Waals surface area contributed by atoms with Crippen molar-refractivity contribution in [1.29, 1.82) is 0 Å². The number of nitrogens with zero attached hydrogens (tertiary/aromatic N) is 2. The number of carbonyl (C=O) groups excluding carboxylic acids is 1. The Labute approximate surface area is 239 Å². The number of aliphatic hydroxyl groups is 1. The molecule has 0 spiro atoms. The number of piperidine rings is 1. The number of rotatable bonds is 9. The van der Waals surface area contributed by atoms with Gasteiger partial charge in [0, 0.05) is 43.4 Å². The summed E-state index contributed by atoms with van der Waals surface area (Å²) in [6.45, 7) is 4.16. The number of nitrogens with one attached hydrogen (secondary N) is 1. The first-order chi connectivity index (χ1) is 19.3. The van der Waals surface area contributed by atoms with Gasteiger partial charge in [0.15, 0.2) is 0 Å². The molecule has 40 heavy (non-hydrogen) atoms. The van der Waals surface area contributed by atoms with Crippen molar-refractivity contribution >= 4 is 34.6 Å². The standard InChI is InChI=1S/C31H35ClFN3O4/c1-3-40-23-8-12-28(26(33)18-23)35-16-14-31(38,15-17-35)20-34-27-11-10-25(32)30-24(27)9-13-29(37)36(30)19-21-4-6-22(39-2)7-5-21/h4-8,10-12,18,34,38H,3,9,13-17,19-20H2,1-2H3. The molecule has 0 saturated carbocycles. The number of benzene rings is 3. The predicted octanol–water partition coefficient (Wildman–Crippen LogP) is 5.81. The average Bonchev–Trinajstić information content (AvgIpc) is 2.95. The van der Waals surface area contributed by atoms with Crippen LogP contribution in [0.25, 0.3) is 0 Å². The van der Waals surface area contributed by atoms with Gasteiger partial charge < -0.3 is 29.7 Å². The molecule has 1 fully saturated rings. The van der Waals surface area contributed by atoms with Crippen molar-refractivity contribution in [2.75, 3.05) is 48.5 Å². The van der Waals surface area contributed by atoms with Crippen LogP contribution in [0.1, 0.15) is 37.3 Å². The summed E-state index contributed by atoms with van der Waals surface area (Å²) in [5, 5.41) is 15.3. The quantitative estimate of drug-likeness (QED) is 0.340. The van der Waals surface area contributed by atoms with Crippen LogP contribution in [0.5, 0.6) is 11.5 Å². The molecule has 2 heterocycles. The van der Waals surface area contributed by atoms with Crippen LogP contribution in [0.4, 0.5) is 21.5 Å². The second-order valence-electron chi connectivity index (χ2n) is 10.4. The lowest BCUT2D eigenvalue weighted by atomic mass is 9.90. The summed E-state index contributed by atoms with van der Waals surface area (Å²) in [5.74, 6) is 0.968. The van der Waals surface area contributed by atoms with Crippen molar-refractivity contribution in [2.45, 2.75) is 44.8 Å². The summed E-state index contributed by atoms with van der Waals surface area (Å²) >= 11 is 6.64. The van der Waals surface area contributed by atoms with Gasteiger partial charge in [-0.05, 0) is 68.1 Å². The minimum Gasteiger partial charge on any atom is -0.497 e. The van der Waals surface area contributed by atoms with E-state index in [1.54, 1.807) is 30.2 Å². The molecule has 212 valence electrons. The Kier molecular flexibility index (Phi) is 8.38. The first kappa shape index (κ1) is 28.1. The number of amides is 1. The van der Waals surface area contributed by atoms with Gasteiger partial charge in [-0.25, -0.2) is 4.39 Å². The van der Waals surface area contributed by atoms with Crippen molar-refractivity contribution in [1.82, 2.24) is 0 Å². The van der Waals surface area contributed by atoms with Crippen LogP contribution in [0, 0.1) is 5.82 Å². The lowest BCUT2D eigenvalue weighted by molar-refractivity contribution is -0.119. The third kappa shape index (κ3) is 5.98. The van der Waals surface area contributed by atoms with Gasteiger partial charge in [0.1, 0.15) is 17.3 Å². The van der Waals surface area contributed by atoms with Gasteiger partial charge in [-0.1, -0.05) is 23.7 Å². The van der Waals surface area contributed by atoms with Crippen LogP contribution < -0.4 is 24.6 Å². The van der Waals surface area contributed by atoms with Crippen molar-refractivity contribution < 1.29 is 23.8 Å². The molecule has 0 radical (unpaired) electrons. The molecule has 2 N–H and O–H groups in total. The van der Waals surface area contributed by atoms with E-state index in [9.17, 15) is 14.3 Å². The SMILES string of the molecule is CCOc1ccc(N2CCC(O)(CNc3ccc(Cl)c4c3CCC(=O)N4Cc3ccc(OC)cc3)CC2)c(F)c1. The Balaban J connectivity index is 1.27. The van der Waals surface area contributed by atoms with Crippen LogP contribution in [0.2, 0.25) is 5.02 Å². The molecular formula is C31H35ClFN3O4. The minimum atomic E-state index is -0.946. The Morgan fingerprint density at radius 1 is 1.05 bits per heavy atom. The predicted molar refractivity (Wildman–Crippen MR) is 156 cm³/mol. The van der Waals surface area contributed by atoms with Crippen molar-refractivity contribution in [3.05, 3.63) is 76.6 Å². The van der Waals surface area contributed by atoms with E-state index in [2.05, 4.69) is 5.32 Å². The van der Waals surface area contributed by atoms with Gasteiger partial charge >= 0.3 is 0 Å². The lowest BCUT2D eigenvalue weighted by Gasteiger charge is -2.40. The molecule has 0 atom stereocenters. The van der Waals surface area contributed by atoms with Crippen molar-refractivity contribution in [3.63, 3.8) is 0 Å². The van der Waals surface area contributed by atoms with E-state index < -0.39 is 5.60 Å². The van der Waals surface area contributed by atoms with E-state index in [0.717, 1.165) is 22.6 Å². The van der Waals surface area contributed by atoms with E-state index in [-0.39, 0.29) is 11.7 Å². The highest BCUT2D eigenvalue weighted by molar-refractivity contribution is 6.34. The summed E-state index contributed by atoms with van der Waals surface area (Å²) in [5.41, 5.74) is 3.09.